The quantitative estimate of drug-likeness (QED) is 0.379. The maximum absolute atomic E-state index is 14.6. The predicted molar refractivity (Wildman–Crippen MR) is 126 cm³/mol. The van der Waals surface area contributed by atoms with Gasteiger partial charge in [0.25, 0.3) is 0 Å². The van der Waals surface area contributed by atoms with Gasteiger partial charge in [0.1, 0.15) is 11.9 Å². The van der Waals surface area contributed by atoms with Crippen LogP contribution in [0.25, 0.3) is 0 Å². The van der Waals surface area contributed by atoms with E-state index in [4.69, 9.17) is 14.2 Å². The average molecular weight is 529 g/mol. The first-order chi connectivity index (χ1) is 17.6. The molecule has 38 heavy (non-hydrogen) atoms. The molecule has 204 valence electrons. The Labute approximate surface area is 219 Å². The fraction of sp³-hybridized carbons (Fsp3) is 0.714. The lowest BCUT2D eigenvalue weighted by Crippen LogP contribution is -2.78. The second-order valence-corrected chi connectivity index (χ2v) is 13.1. The van der Waals surface area contributed by atoms with E-state index in [1.807, 2.05) is 0 Å². The summed E-state index contributed by atoms with van der Waals surface area (Å²) in [5.41, 5.74) is -8.02. The molecule has 3 N–H and O–H groups in total. The van der Waals surface area contributed by atoms with Crippen LogP contribution in [0.2, 0.25) is 0 Å². The summed E-state index contributed by atoms with van der Waals surface area (Å²) in [4.78, 5) is 54.6. The number of rotatable bonds is 0. The highest BCUT2D eigenvalue weighted by atomic mass is 16.7. The summed E-state index contributed by atoms with van der Waals surface area (Å²) >= 11 is 0. The fourth-order valence-electron chi connectivity index (χ4n) is 9.48. The first kappa shape index (κ1) is 24.6. The smallest absolute Gasteiger partial charge is 0.342 e. The molecule has 0 aromatic rings. The van der Waals surface area contributed by atoms with Gasteiger partial charge in [0.05, 0.1) is 29.3 Å². The van der Waals surface area contributed by atoms with E-state index >= 15 is 0 Å². The minimum atomic E-state index is -2.67. The van der Waals surface area contributed by atoms with Crippen molar-refractivity contribution >= 4 is 23.5 Å². The summed E-state index contributed by atoms with van der Waals surface area (Å²) in [7, 11) is 0. The molecule has 5 fully saturated rings. The van der Waals surface area contributed by atoms with Crippen LogP contribution >= 0.6 is 0 Å². The number of hydrogen-bond acceptors (Lipinski definition) is 10. The molecule has 1 spiro atoms. The van der Waals surface area contributed by atoms with Crippen LogP contribution in [0.4, 0.5) is 0 Å². The third-order valence-electron chi connectivity index (χ3n) is 11.8. The standard InChI is InChI=1S/C28H32O10/c1-12-21(32)36-17-11-23(12,2)19-20(31)27(35)18-14(24(3)13(10-15(18)29)6-5-7-16(24)30)8-9-26(34)22(33)37-25(17,4)28(19,26)38-27/h5-6,10,12,14-15,17-19,29,34-35H,7-9,11H2,1-4H3/t12-,14?,15-,17-,18?,19?,23-,24+,25+,26-,27-,28+/m1/s1. The zero-order valence-electron chi connectivity index (χ0n) is 21.7. The Morgan fingerprint density at radius 2 is 1.79 bits per heavy atom. The van der Waals surface area contributed by atoms with Gasteiger partial charge in [-0.3, -0.25) is 14.4 Å². The molecule has 7 rings (SSSR count). The highest BCUT2D eigenvalue weighted by Crippen LogP contribution is 2.73. The number of ether oxygens (including phenoxy) is 3. The molecule has 0 aromatic carbocycles. The van der Waals surface area contributed by atoms with Gasteiger partial charge >= 0.3 is 11.9 Å². The van der Waals surface area contributed by atoms with Crippen molar-refractivity contribution in [2.24, 2.45) is 34.5 Å². The van der Waals surface area contributed by atoms with Crippen molar-refractivity contribution in [2.75, 3.05) is 0 Å². The fourth-order valence-corrected chi connectivity index (χ4v) is 9.48. The summed E-state index contributed by atoms with van der Waals surface area (Å²) in [5.74, 6) is -9.49. The summed E-state index contributed by atoms with van der Waals surface area (Å²) in [6, 6.07) is 0. The van der Waals surface area contributed by atoms with Crippen molar-refractivity contribution in [1.29, 1.82) is 0 Å². The molecule has 12 atom stereocenters. The Hall–Kier alpha value is -2.40. The molecule has 0 amide bonds. The number of esters is 2. The van der Waals surface area contributed by atoms with E-state index in [0.29, 0.717) is 5.57 Å². The summed E-state index contributed by atoms with van der Waals surface area (Å²) < 4.78 is 18.0. The van der Waals surface area contributed by atoms with Crippen molar-refractivity contribution in [3.63, 3.8) is 0 Å². The van der Waals surface area contributed by atoms with Crippen LogP contribution in [0.3, 0.4) is 0 Å². The second kappa shape index (κ2) is 6.66. The van der Waals surface area contributed by atoms with Crippen molar-refractivity contribution in [3.8, 4) is 0 Å². The first-order valence-electron chi connectivity index (χ1n) is 13.4. The third-order valence-corrected chi connectivity index (χ3v) is 11.8. The second-order valence-electron chi connectivity index (χ2n) is 13.1. The molecule has 10 heteroatoms. The number of carbonyl (C=O) groups excluding carboxylic acids is 4. The molecule has 10 nitrogen and oxygen atoms in total. The van der Waals surface area contributed by atoms with Crippen molar-refractivity contribution in [3.05, 3.63) is 23.8 Å². The minimum absolute atomic E-state index is 0.0287. The molecule has 0 radical (unpaired) electrons. The zero-order chi connectivity index (χ0) is 27.4. The summed E-state index contributed by atoms with van der Waals surface area (Å²) in [6.07, 6.45) is 2.64. The van der Waals surface area contributed by atoms with Crippen molar-refractivity contribution in [2.45, 2.75) is 88.2 Å². The number of ketones is 2. The number of Topliss-reactive ketones (excluding diaryl/α,β-unsaturated/α-hetero) is 2. The van der Waals surface area contributed by atoms with E-state index in [1.54, 1.807) is 32.9 Å². The van der Waals surface area contributed by atoms with Crippen LogP contribution in [0.1, 0.15) is 53.4 Å². The number of aliphatic hydroxyl groups excluding tert-OH is 1. The van der Waals surface area contributed by atoms with Crippen molar-refractivity contribution in [1.82, 2.24) is 0 Å². The van der Waals surface area contributed by atoms with Gasteiger partial charge in [-0.25, -0.2) is 4.79 Å². The number of allylic oxidation sites excluding steroid dienone is 3. The Morgan fingerprint density at radius 1 is 1.08 bits per heavy atom. The van der Waals surface area contributed by atoms with Crippen LogP contribution in [-0.2, 0) is 33.4 Å². The lowest BCUT2D eigenvalue weighted by Gasteiger charge is -2.61. The van der Waals surface area contributed by atoms with Gasteiger partial charge in [-0.05, 0) is 50.0 Å². The Balaban J connectivity index is 1.52. The van der Waals surface area contributed by atoms with Gasteiger partial charge in [-0.15, -0.1) is 0 Å². The third kappa shape index (κ3) is 2.19. The molecule has 3 unspecified atom stereocenters. The maximum atomic E-state index is 14.6. The zero-order valence-corrected chi connectivity index (χ0v) is 21.7. The van der Waals surface area contributed by atoms with E-state index in [1.165, 1.54) is 13.0 Å². The monoisotopic (exact) mass is 528 g/mol. The van der Waals surface area contributed by atoms with Gasteiger partial charge in [-0.2, -0.15) is 0 Å². The Kier molecular flexibility index (Phi) is 4.31. The number of hydrogen-bond donors (Lipinski definition) is 3. The molecule has 0 aromatic heterocycles. The van der Waals surface area contributed by atoms with Gasteiger partial charge < -0.3 is 29.5 Å². The van der Waals surface area contributed by atoms with Crippen LogP contribution in [0, 0.1) is 34.5 Å². The predicted octanol–water partition coefficient (Wildman–Crippen LogP) is 0.510. The summed E-state index contributed by atoms with van der Waals surface area (Å²) in [6.45, 7) is 6.53. The minimum Gasteiger partial charge on any atom is -0.458 e. The Morgan fingerprint density at radius 3 is 2.50 bits per heavy atom. The van der Waals surface area contributed by atoms with E-state index in [9.17, 15) is 34.5 Å². The SMILES string of the molecule is C[C@@H]1C(=O)O[C@@H]2C[C@@]1(C)C1C(=O)[C@]3(O)O[C@@]14[C@@](O)(CCC1C3[C@H](O)C=C3C=CCC(=O)[C@@]31C)C(=O)O[C@@]24C. The molecule has 4 saturated heterocycles. The van der Waals surface area contributed by atoms with Gasteiger partial charge in [0.15, 0.2) is 22.6 Å². The van der Waals surface area contributed by atoms with E-state index in [2.05, 4.69) is 0 Å². The number of aliphatic hydroxyl groups is 3. The lowest BCUT2D eigenvalue weighted by molar-refractivity contribution is -0.350. The van der Waals surface area contributed by atoms with Crippen LogP contribution in [0.5, 0.6) is 0 Å². The molecule has 1 saturated carbocycles. The highest BCUT2D eigenvalue weighted by Gasteiger charge is 2.92. The number of fused-ring (bicyclic) bond motifs is 9. The molecular weight excluding hydrogens is 496 g/mol. The summed E-state index contributed by atoms with van der Waals surface area (Å²) in [5, 5.41) is 36.1. The molecule has 4 bridgehead atoms. The largest absolute Gasteiger partial charge is 0.458 e. The maximum Gasteiger partial charge on any atom is 0.342 e. The normalized spacial score (nSPS) is 58.1. The average Bonchev–Trinajstić information content (AvgIpc) is 3.19. The van der Waals surface area contributed by atoms with Crippen LogP contribution < -0.4 is 0 Å². The van der Waals surface area contributed by atoms with Crippen LogP contribution in [-0.4, -0.2) is 73.6 Å². The van der Waals surface area contributed by atoms with Crippen molar-refractivity contribution < 1.29 is 48.7 Å². The molecule has 4 aliphatic heterocycles. The molecule has 4 heterocycles. The van der Waals surface area contributed by atoms with E-state index in [-0.39, 0.29) is 31.5 Å². The molecular formula is C28H32O10. The van der Waals surface area contributed by atoms with Gasteiger partial charge in [-0.1, -0.05) is 32.1 Å². The Bertz CT molecular complexity index is 1300. The van der Waals surface area contributed by atoms with E-state index < -0.39 is 87.0 Å². The van der Waals surface area contributed by atoms with E-state index in [0.717, 1.165) is 0 Å². The molecule has 7 aliphatic rings. The first-order valence-corrected chi connectivity index (χ1v) is 13.4. The number of carbonyl (C=O) groups is 4. The topological polar surface area (TPSA) is 157 Å². The lowest BCUT2D eigenvalue weighted by atomic mass is 9.46. The molecule has 3 aliphatic carbocycles. The van der Waals surface area contributed by atoms with Crippen LogP contribution in [0.15, 0.2) is 23.8 Å². The highest BCUT2D eigenvalue weighted by molar-refractivity contribution is 5.99. The van der Waals surface area contributed by atoms with Gasteiger partial charge in [0, 0.05) is 6.42 Å². The van der Waals surface area contributed by atoms with Gasteiger partial charge in [0.2, 0.25) is 5.79 Å².